The zero-order valence-corrected chi connectivity index (χ0v) is 14.3. The molecule has 1 aromatic heterocycles. The number of alkyl halides is 2. The maximum absolute atomic E-state index is 12.6. The lowest BCUT2D eigenvalue weighted by atomic mass is 10.1. The fourth-order valence-corrected chi connectivity index (χ4v) is 2.19. The summed E-state index contributed by atoms with van der Waals surface area (Å²) < 4.78 is 39.7. The van der Waals surface area contributed by atoms with Crippen molar-refractivity contribution in [3.63, 3.8) is 0 Å². The summed E-state index contributed by atoms with van der Waals surface area (Å²) in [5, 5.41) is 18.2. The zero-order chi connectivity index (χ0) is 20.0. The molecule has 0 aliphatic heterocycles. The van der Waals surface area contributed by atoms with Crippen LogP contribution in [0.4, 0.5) is 8.78 Å². The number of hydrogen-bond acceptors (Lipinski definition) is 6. The molecule has 0 aliphatic rings. The lowest BCUT2D eigenvalue weighted by Gasteiger charge is -2.14. The van der Waals surface area contributed by atoms with E-state index >= 15 is 0 Å². The number of carbonyl (C=O) groups is 1. The molecule has 2 aromatic rings. The van der Waals surface area contributed by atoms with Gasteiger partial charge in [-0.3, -0.25) is 0 Å². The third-order valence-electron chi connectivity index (χ3n) is 3.39. The second-order valence-electron chi connectivity index (χ2n) is 5.01. The van der Waals surface area contributed by atoms with E-state index in [1.54, 1.807) is 0 Å². The van der Waals surface area contributed by atoms with Crippen LogP contribution in [0.3, 0.4) is 0 Å². The van der Waals surface area contributed by atoms with Gasteiger partial charge in [0.2, 0.25) is 5.75 Å². The molecule has 1 N–H and O–H groups in total. The van der Waals surface area contributed by atoms with Crippen LogP contribution in [0.15, 0.2) is 24.3 Å². The van der Waals surface area contributed by atoms with Crippen molar-refractivity contribution in [3.8, 4) is 23.3 Å². The molecule has 0 aliphatic carbocycles. The van der Waals surface area contributed by atoms with Crippen LogP contribution in [0.5, 0.6) is 17.2 Å². The van der Waals surface area contributed by atoms with Crippen LogP contribution in [0.1, 0.15) is 27.3 Å². The standard InChI is InChI=1S/C18H14F2N2O5/c1-25-14-7-10(8-15(26-2)16(14)27-18(19)20)3-5-12-11(9-21)4-6-13(22-12)17(23)24/h3-8,18H,1-2H3,(H,23,24). The highest BCUT2D eigenvalue weighted by molar-refractivity contribution is 5.86. The van der Waals surface area contributed by atoms with Crippen molar-refractivity contribution in [1.82, 2.24) is 4.98 Å². The Morgan fingerprint density at radius 2 is 1.85 bits per heavy atom. The Balaban J connectivity index is 2.47. The second kappa shape index (κ2) is 8.62. The van der Waals surface area contributed by atoms with E-state index in [-0.39, 0.29) is 34.2 Å². The molecule has 0 spiro atoms. The van der Waals surface area contributed by atoms with Crippen molar-refractivity contribution < 1.29 is 32.9 Å². The van der Waals surface area contributed by atoms with Gasteiger partial charge in [0.1, 0.15) is 11.8 Å². The van der Waals surface area contributed by atoms with Crippen molar-refractivity contribution >= 4 is 18.1 Å². The van der Waals surface area contributed by atoms with E-state index in [1.165, 1.54) is 50.6 Å². The Hall–Kier alpha value is -3.67. The number of hydrogen-bond donors (Lipinski definition) is 1. The van der Waals surface area contributed by atoms with E-state index < -0.39 is 12.6 Å². The molecular formula is C18H14F2N2O5. The van der Waals surface area contributed by atoms with Crippen molar-refractivity contribution in [1.29, 1.82) is 5.26 Å². The average Bonchev–Trinajstić information content (AvgIpc) is 2.65. The van der Waals surface area contributed by atoms with E-state index in [4.69, 9.17) is 19.8 Å². The molecule has 0 saturated carbocycles. The number of methoxy groups -OCH3 is 2. The number of nitrogens with zero attached hydrogens (tertiary/aromatic N) is 2. The van der Waals surface area contributed by atoms with E-state index in [0.29, 0.717) is 5.56 Å². The maximum Gasteiger partial charge on any atom is 0.387 e. The number of aromatic nitrogens is 1. The molecule has 0 saturated heterocycles. The second-order valence-corrected chi connectivity index (χ2v) is 5.01. The lowest BCUT2D eigenvalue weighted by Crippen LogP contribution is -2.05. The number of aromatic carboxylic acids is 1. The topological polar surface area (TPSA) is 102 Å². The third kappa shape index (κ3) is 4.70. The summed E-state index contributed by atoms with van der Waals surface area (Å²) in [4.78, 5) is 14.9. The van der Waals surface area contributed by atoms with Gasteiger partial charge in [-0.1, -0.05) is 6.08 Å². The summed E-state index contributed by atoms with van der Waals surface area (Å²) in [5.41, 5.74) is 0.567. The molecule has 0 unspecified atom stereocenters. The number of rotatable bonds is 7. The minimum absolute atomic E-state index is 0.0158. The third-order valence-corrected chi connectivity index (χ3v) is 3.39. The maximum atomic E-state index is 12.6. The lowest BCUT2D eigenvalue weighted by molar-refractivity contribution is -0.0526. The predicted octanol–water partition coefficient (Wildman–Crippen LogP) is 3.44. The van der Waals surface area contributed by atoms with Crippen molar-refractivity contribution in [2.45, 2.75) is 6.61 Å². The van der Waals surface area contributed by atoms with Crippen LogP contribution in [0, 0.1) is 11.3 Å². The number of benzene rings is 1. The first-order valence-electron chi connectivity index (χ1n) is 7.43. The van der Waals surface area contributed by atoms with Crippen LogP contribution in [-0.2, 0) is 0 Å². The van der Waals surface area contributed by atoms with E-state index in [9.17, 15) is 13.6 Å². The van der Waals surface area contributed by atoms with Crippen molar-refractivity contribution in [2.75, 3.05) is 14.2 Å². The minimum Gasteiger partial charge on any atom is -0.493 e. The Bertz CT molecular complexity index is 897. The van der Waals surface area contributed by atoms with Gasteiger partial charge in [0.15, 0.2) is 11.5 Å². The van der Waals surface area contributed by atoms with Gasteiger partial charge in [-0.2, -0.15) is 14.0 Å². The molecule has 0 bridgehead atoms. The van der Waals surface area contributed by atoms with Crippen LogP contribution in [-0.4, -0.2) is 36.9 Å². The van der Waals surface area contributed by atoms with Crippen molar-refractivity contribution in [3.05, 3.63) is 46.8 Å². The first-order chi connectivity index (χ1) is 12.9. The number of carboxylic acid groups (broad SMARTS) is 1. The SMILES string of the molecule is COc1cc(C=Cc2nc(C(=O)O)ccc2C#N)cc(OC)c1OC(F)F. The summed E-state index contributed by atoms with van der Waals surface area (Å²) in [6.45, 7) is -3.06. The number of pyridine rings is 1. The van der Waals surface area contributed by atoms with Gasteiger partial charge < -0.3 is 19.3 Å². The number of ether oxygens (including phenoxy) is 3. The largest absolute Gasteiger partial charge is 0.493 e. The molecule has 140 valence electrons. The van der Waals surface area contributed by atoms with Gasteiger partial charge in [0.05, 0.1) is 25.5 Å². The van der Waals surface area contributed by atoms with E-state index in [1.807, 2.05) is 6.07 Å². The highest BCUT2D eigenvalue weighted by Gasteiger charge is 2.17. The Kier molecular flexibility index (Phi) is 6.27. The summed E-state index contributed by atoms with van der Waals surface area (Å²) in [7, 11) is 2.57. The van der Waals surface area contributed by atoms with E-state index in [0.717, 1.165) is 0 Å². The van der Waals surface area contributed by atoms with Gasteiger partial charge in [-0.25, -0.2) is 9.78 Å². The highest BCUT2D eigenvalue weighted by atomic mass is 19.3. The Morgan fingerprint density at radius 1 is 1.22 bits per heavy atom. The molecule has 7 nitrogen and oxygen atoms in total. The number of carboxylic acids is 1. The first-order valence-corrected chi connectivity index (χ1v) is 7.43. The highest BCUT2D eigenvalue weighted by Crippen LogP contribution is 2.40. The monoisotopic (exact) mass is 376 g/mol. The molecule has 1 heterocycles. The van der Waals surface area contributed by atoms with Gasteiger partial charge in [-0.05, 0) is 35.9 Å². The Morgan fingerprint density at radius 3 is 2.33 bits per heavy atom. The van der Waals surface area contributed by atoms with E-state index in [2.05, 4.69) is 9.72 Å². The van der Waals surface area contributed by atoms with Crippen LogP contribution in [0.25, 0.3) is 12.2 Å². The normalized spacial score (nSPS) is 10.7. The zero-order valence-electron chi connectivity index (χ0n) is 14.3. The summed E-state index contributed by atoms with van der Waals surface area (Å²) >= 11 is 0. The van der Waals surface area contributed by atoms with Crippen LogP contribution < -0.4 is 14.2 Å². The molecule has 0 fully saturated rings. The number of halogens is 2. The first kappa shape index (κ1) is 19.7. The molecular weight excluding hydrogens is 362 g/mol. The Labute approximate surface area is 153 Å². The smallest absolute Gasteiger partial charge is 0.387 e. The molecule has 1 aromatic carbocycles. The van der Waals surface area contributed by atoms with Gasteiger partial charge in [0, 0.05) is 0 Å². The quantitative estimate of drug-likeness (QED) is 0.790. The summed E-state index contributed by atoms with van der Waals surface area (Å²) in [6, 6.07) is 7.32. The summed E-state index contributed by atoms with van der Waals surface area (Å²) in [6.07, 6.45) is 2.93. The summed E-state index contributed by atoms with van der Waals surface area (Å²) in [5.74, 6) is -1.45. The predicted molar refractivity (Wildman–Crippen MR) is 91.0 cm³/mol. The molecule has 0 amide bonds. The molecule has 27 heavy (non-hydrogen) atoms. The number of nitriles is 1. The average molecular weight is 376 g/mol. The molecule has 2 rings (SSSR count). The van der Waals surface area contributed by atoms with Crippen LogP contribution >= 0.6 is 0 Å². The van der Waals surface area contributed by atoms with Crippen molar-refractivity contribution in [2.24, 2.45) is 0 Å². The minimum atomic E-state index is -3.06. The van der Waals surface area contributed by atoms with Gasteiger partial charge >= 0.3 is 12.6 Å². The van der Waals surface area contributed by atoms with Gasteiger partial charge in [0.25, 0.3) is 0 Å². The molecule has 9 heteroatoms. The van der Waals surface area contributed by atoms with Crippen LogP contribution in [0.2, 0.25) is 0 Å². The molecule has 0 atom stereocenters. The molecule has 0 radical (unpaired) electrons. The fraction of sp³-hybridized carbons (Fsp3) is 0.167. The fourth-order valence-electron chi connectivity index (χ4n) is 2.19. The van der Waals surface area contributed by atoms with Gasteiger partial charge in [-0.15, -0.1) is 0 Å².